The summed E-state index contributed by atoms with van der Waals surface area (Å²) in [6.07, 6.45) is 3.56. The third-order valence-corrected chi connectivity index (χ3v) is 2.27. The van der Waals surface area contributed by atoms with Crippen LogP contribution >= 0.6 is 24.8 Å². The molecule has 1 aliphatic carbocycles. The van der Waals surface area contributed by atoms with Crippen LogP contribution in [0.2, 0.25) is 0 Å². The Hall–Kier alpha value is -0.250. The van der Waals surface area contributed by atoms with Crippen molar-refractivity contribution in [3.8, 4) is 0 Å². The number of nitrogens with zero attached hydrogens (tertiary/aromatic N) is 1. The van der Waals surface area contributed by atoms with Crippen molar-refractivity contribution >= 4 is 24.8 Å². The third kappa shape index (κ3) is 2.16. The van der Waals surface area contributed by atoms with E-state index in [9.17, 15) is 0 Å². The van der Waals surface area contributed by atoms with Gasteiger partial charge in [-0.25, -0.2) is 0 Å². The summed E-state index contributed by atoms with van der Waals surface area (Å²) >= 11 is 0. The molecule has 0 fully saturated rings. The number of halogens is 2. The summed E-state index contributed by atoms with van der Waals surface area (Å²) < 4.78 is 0. The Morgan fingerprint density at radius 3 is 2.69 bits per heavy atom. The van der Waals surface area contributed by atoms with E-state index in [0.29, 0.717) is 0 Å². The Morgan fingerprint density at radius 1 is 1.38 bits per heavy atom. The van der Waals surface area contributed by atoms with Crippen LogP contribution in [0.4, 0.5) is 0 Å². The topological polar surface area (TPSA) is 54.7 Å². The van der Waals surface area contributed by atoms with Gasteiger partial charge in [-0.15, -0.1) is 24.8 Å². The highest BCUT2D eigenvalue weighted by atomic mass is 35.5. The minimum atomic E-state index is 0. The number of hydrogen-bond acceptors (Lipinski definition) is 2. The number of aromatic nitrogens is 2. The fourth-order valence-electron chi connectivity index (χ4n) is 1.72. The van der Waals surface area contributed by atoms with Gasteiger partial charge in [0.2, 0.25) is 0 Å². The lowest BCUT2D eigenvalue weighted by Crippen LogP contribution is -2.07. The maximum absolute atomic E-state index is 5.75. The fraction of sp³-hybridized carbons (Fsp3) is 0.625. The van der Waals surface area contributed by atoms with Gasteiger partial charge in [0.05, 0.1) is 5.69 Å². The molecule has 1 atom stereocenters. The van der Waals surface area contributed by atoms with E-state index >= 15 is 0 Å². The molecule has 1 heterocycles. The molecule has 1 aromatic heterocycles. The molecule has 0 spiro atoms. The zero-order valence-corrected chi connectivity index (χ0v) is 9.17. The van der Waals surface area contributed by atoms with Crippen molar-refractivity contribution in [1.82, 2.24) is 10.2 Å². The van der Waals surface area contributed by atoms with Crippen LogP contribution in [0.15, 0.2) is 0 Å². The van der Waals surface area contributed by atoms with Gasteiger partial charge in [-0.3, -0.25) is 5.10 Å². The molecule has 0 saturated heterocycles. The minimum absolute atomic E-state index is 0. The standard InChI is InChI=1S/C8H13N3.2ClH/c1-5(9)8-6-3-2-4-7(6)10-11-8;;/h5H,2-4,9H2,1H3,(H,10,11);2*1H. The van der Waals surface area contributed by atoms with E-state index in [-0.39, 0.29) is 30.9 Å². The maximum Gasteiger partial charge on any atom is 0.0821 e. The Labute approximate surface area is 90.3 Å². The first kappa shape index (κ1) is 12.8. The van der Waals surface area contributed by atoms with Crippen molar-refractivity contribution < 1.29 is 0 Å². The van der Waals surface area contributed by atoms with Crippen LogP contribution in [0.5, 0.6) is 0 Å². The van der Waals surface area contributed by atoms with Gasteiger partial charge in [-0.2, -0.15) is 5.10 Å². The van der Waals surface area contributed by atoms with Crippen molar-refractivity contribution in [3.63, 3.8) is 0 Å². The first-order valence-corrected chi connectivity index (χ1v) is 4.10. The number of H-pyrrole nitrogens is 1. The summed E-state index contributed by atoms with van der Waals surface area (Å²) in [5.41, 5.74) is 9.49. The Balaban J connectivity index is 0.000000720. The monoisotopic (exact) mass is 223 g/mol. The highest BCUT2D eigenvalue weighted by Gasteiger charge is 2.19. The van der Waals surface area contributed by atoms with E-state index in [4.69, 9.17) is 5.73 Å². The molecule has 0 radical (unpaired) electrons. The lowest BCUT2D eigenvalue weighted by atomic mass is 10.1. The van der Waals surface area contributed by atoms with Crippen molar-refractivity contribution in [3.05, 3.63) is 17.0 Å². The van der Waals surface area contributed by atoms with Crippen LogP contribution < -0.4 is 5.73 Å². The van der Waals surface area contributed by atoms with Crippen molar-refractivity contribution in [2.75, 3.05) is 0 Å². The minimum Gasteiger partial charge on any atom is -0.323 e. The molecule has 1 aromatic rings. The summed E-state index contributed by atoms with van der Waals surface area (Å²) in [7, 11) is 0. The summed E-state index contributed by atoms with van der Waals surface area (Å²) in [6, 6.07) is 0.0769. The van der Waals surface area contributed by atoms with Crippen LogP contribution in [0.3, 0.4) is 0 Å². The number of aryl methyl sites for hydroxylation is 1. The molecule has 5 heteroatoms. The number of nitrogens with one attached hydrogen (secondary N) is 1. The Bertz CT molecular complexity index is 270. The molecule has 3 nitrogen and oxygen atoms in total. The van der Waals surface area contributed by atoms with Gasteiger partial charge in [0.1, 0.15) is 0 Å². The molecule has 3 N–H and O–H groups in total. The molecular weight excluding hydrogens is 209 g/mol. The molecule has 0 bridgehead atoms. The summed E-state index contributed by atoms with van der Waals surface area (Å²) in [5, 5.41) is 7.22. The van der Waals surface area contributed by atoms with Crippen LogP contribution in [0.25, 0.3) is 0 Å². The average Bonchev–Trinajstić information content (AvgIpc) is 2.41. The van der Waals surface area contributed by atoms with E-state index in [1.54, 1.807) is 0 Å². The highest BCUT2D eigenvalue weighted by Crippen LogP contribution is 2.25. The SMILES string of the molecule is CC(N)c1n[nH]c2c1CCC2.Cl.Cl. The predicted molar refractivity (Wildman–Crippen MR) is 57.7 cm³/mol. The van der Waals surface area contributed by atoms with Gasteiger partial charge < -0.3 is 5.73 Å². The van der Waals surface area contributed by atoms with Gasteiger partial charge in [0.15, 0.2) is 0 Å². The lowest BCUT2D eigenvalue weighted by Gasteiger charge is -2.01. The molecule has 0 aliphatic heterocycles. The molecule has 2 rings (SSSR count). The quantitative estimate of drug-likeness (QED) is 0.763. The number of hydrogen-bond donors (Lipinski definition) is 2. The van der Waals surface area contributed by atoms with Gasteiger partial charge in [0, 0.05) is 11.7 Å². The molecule has 1 aliphatic rings. The smallest absolute Gasteiger partial charge is 0.0821 e. The predicted octanol–water partition coefficient (Wildman–Crippen LogP) is 1.76. The van der Waals surface area contributed by atoms with Crippen LogP contribution in [-0.2, 0) is 12.8 Å². The number of aromatic amines is 1. The molecular formula is C8H15Cl2N3. The molecule has 0 amide bonds. The second kappa shape index (κ2) is 4.84. The van der Waals surface area contributed by atoms with E-state index in [0.717, 1.165) is 18.5 Å². The number of nitrogens with two attached hydrogens (primary N) is 1. The molecule has 0 aromatic carbocycles. The first-order valence-electron chi connectivity index (χ1n) is 4.10. The number of fused-ring (bicyclic) bond motifs is 1. The largest absolute Gasteiger partial charge is 0.323 e. The second-order valence-corrected chi connectivity index (χ2v) is 3.21. The van der Waals surface area contributed by atoms with E-state index in [1.807, 2.05) is 6.92 Å². The summed E-state index contributed by atoms with van der Waals surface area (Å²) in [6.45, 7) is 1.98. The van der Waals surface area contributed by atoms with Crippen molar-refractivity contribution in [2.24, 2.45) is 5.73 Å². The summed E-state index contributed by atoms with van der Waals surface area (Å²) in [5.74, 6) is 0. The zero-order valence-electron chi connectivity index (χ0n) is 7.54. The average molecular weight is 224 g/mol. The zero-order chi connectivity index (χ0) is 7.84. The van der Waals surface area contributed by atoms with E-state index < -0.39 is 0 Å². The van der Waals surface area contributed by atoms with Gasteiger partial charge >= 0.3 is 0 Å². The lowest BCUT2D eigenvalue weighted by molar-refractivity contribution is 0.745. The molecule has 13 heavy (non-hydrogen) atoms. The van der Waals surface area contributed by atoms with Crippen LogP contribution in [-0.4, -0.2) is 10.2 Å². The van der Waals surface area contributed by atoms with Gasteiger partial charge in [0.25, 0.3) is 0 Å². The van der Waals surface area contributed by atoms with E-state index in [2.05, 4.69) is 10.2 Å². The Morgan fingerprint density at radius 2 is 2.08 bits per heavy atom. The molecule has 76 valence electrons. The first-order chi connectivity index (χ1) is 5.29. The summed E-state index contributed by atoms with van der Waals surface area (Å²) in [4.78, 5) is 0. The second-order valence-electron chi connectivity index (χ2n) is 3.21. The number of rotatable bonds is 1. The van der Waals surface area contributed by atoms with Gasteiger partial charge in [-0.05, 0) is 31.7 Å². The normalized spacial score (nSPS) is 15.5. The highest BCUT2D eigenvalue weighted by molar-refractivity contribution is 5.85. The van der Waals surface area contributed by atoms with Crippen molar-refractivity contribution in [1.29, 1.82) is 0 Å². The van der Waals surface area contributed by atoms with Gasteiger partial charge in [-0.1, -0.05) is 0 Å². The third-order valence-electron chi connectivity index (χ3n) is 2.27. The Kier molecular flexibility index (Phi) is 4.75. The molecule has 0 saturated carbocycles. The maximum atomic E-state index is 5.75. The molecule has 1 unspecified atom stereocenters. The van der Waals surface area contributed by atoms with Crippen molar-refractivity contribution in [2.45, 2.75) is 32.2 Å². The van der Waals surface area contributed by atoms with E-state index in [1.165, 1.54) is 17.7 Å². The van der Waals surface area contributed by atoms with Crippen LogP contribution in [0.1, 0.15) is 36.3 Å². The van der Waals surface area contributed by atoms with Crippen LogP contribution in [0, 0.1) is 0 Å². The fourth-order valence-corrected chi connectivity index (χ4v) is 1.72.